The highest BCUT2D eigenvalue weighted by atomic mass is 32.1. The predicted molar refractivity (Wildman–Crippen MR) is 108 cm³/mol. The van der Waals surface area contributed by atoms with Crippen molar-refractivity contribution in [3.8, 4) is 17.0 Å². The first-order chi connectivity index (χ1) is 13.1. The largest absolute Gasteiger partial charge is 0.507 e. The molecule has 0 unspecified atom stereocenters. The molecule has 7 heteroatoms. The number of likely N-dealkylation sites (N-methyl/N-ethyl adjacent to an activating group) is 1. The highest BCUT2D eigenvalue weighted by Gasteiger charge is 2.23. The van der Waals surface area contributed by atoms with Crippen molar-refractivity contribution in [1.29, 1.82) is 0 Å². The zero-order chi connectivity index (χ0) is 18.5. The number of thiophene rings is 1. The zero-order valence-electron chi connectivity index (χ0n) is 15.4. The Morgan fingerprint density at radius 3 is 2.96 bits per heavy atom. The molecule has 5 rings (SSSR count). The van der Waals surface area contributed by atoms with Crippen molar-refractivity contribution in [3.05, 3.63) is 35.5 Å². The van der Waals surface area contributed by atoms with Crippen molar-refractivity contribution in [2.45, 2.75) is 25.8 Å². The molecule has 27 heavy (non-hydrogen) atoms. The highest BCUT2D eigenvalue weighted by Crippen LogP contribution is 2.39. The fraction of sp³-hybridized carbons (Fsp3) is 0.350. The van der Waals surface area contributed by atoms with Gasteiger partial charge >= 0.3 is 0 Å². The van der Waals surface area contributed by atoms with E-state index in [0.29, 0.717) is 17.3 Å². The minimum Gasteiger partial charge on any atom is -0.507 e. The number of imidazole rings is 1. The van der Waals surface area contributed by atoms with E-state index in [4.69, 9.17) is 0 Å². The molecule has 1 fully saturated rings. The number of piperidine rings is 1. The number of phenols is 1. The maximum atomic E-state index is 10.7. The molecule has 0 aliphatic carbocycles. The standard InChI is InChI=1S/C20H21N5OS/c1-12-17(15-5-6-16-14(19(15)26)7-9-27-16)22-23-20-18(12)21-11-25(20)13-4-3-8-24(2)10-13/h5-7,9,11,13,26H,3-4,8,10H2,1-2H3/t13-/m1/s1. The lowest BCUT2D eigenvalue weighted by molar-refractivity contribution is 0.214. The van der Waals surface area contributed by atoms with Gasteiger partial charge in [-0.05, 0) is 56.9 Å². The molecule has 1 N–H and O–H groups in total. The Morgan fingerprint density at radius 1 is 1.22 bits per heavy atom. The molecule has 0 amide bonds. The molecule has 4 aromatic rings. The van der Waals surface area contributed by atoms with E-state index in [1.165, 1.54) is 6.42 Å². The molecular weight excluding hydrogens is 358 g/mol. The SMILES string of the molecule is Cc1c(-c2ccc3sccc3c2O)nnc2c1ncn2[C@@H]1CCCN(C)C1. The first-order valence-electron chi connectivity index (χ1n) is 9.21. The van der Waals surface area contributed by atoms with Crippen LogP contribution in [0.2, 0.25) is 0 Å². The molecule has 3 aromatic heterocycles. The van der Waals surface area contributed by atoms with E-state index >= 15 is 0 Å². The average Bonchev–Trinajstić information content (AvgIpc) is 3.30. The summed E-state index contributed by atoms with van der Waals surface area (Å²) in [6.07, 6.45) is 4.20. The molecular formula is C20H21N5OS. The smallest absolute Gasteiger partial charge is 0.183 e. The summed E-state index contributed by atoms with van der Waals surface area (Å²) in [5, 5.41) is 22.6. The van der Waals surface area contributed by atoms with E-state index in [9.17, 15) is 5.11 Å². The van der Waals surface area contributed by atoms with Gasteiger partial charge in [0.25, 0.3) is 0 Å². The molecule has 1 aliphatic heterocycles. The van der Waals surface area contributed by atoms with E-state index in [2.05, 4.69) is 31.7 Å². The Kier molecular flexibility index (Phi) is 3.87. The van der Waals surface area contributed by atoms with Gasteiger partial charge in [0.2, 0.25) is 0 Å². The van der Waals surface area contributed by atoms with Gasteiger partial charge in [-0.2, -0.15) is 0 Å². The number of nitrogens with zero attached hydrogens (tertiary/aromatic N) is 5. The summed E-state index contributed by atoms with van der Waals surface area (Å²) in [6.45, 7) is 4.15. The molecule has 1 aromatic carbocycles. The highest BCUT2D eigenvalue weighted by molar-refractivity contribution is 7.17. The van der Waals surface area contributed by atoms with Crippen molar-refractivity contribution >= 4 is 32.6 Å². The van der Waals surface area contributed by atoms with Crippen LogP contribution in [0.3, 0.4) is 0 Å². The molecule has 0 spiro atoms. The summed E-state index contributed by atoms with van der Waals surface area (Å²) in [7, 11) is 2.16. The number of fused-ring (bicyclic) bond motifs is 2. The summed E-state index contributed by atoms with van der Waals surface area (Å²) in [6, 6.07) is 6.26. The number of aromatic nitrogens is 4. The van der Waals surface area contributed by atoms with Gasteiger partial charge in [0.1, 0.15) is 17.0 Å². The van der Waals surface area contributed by atoms with E-state index < -0.39 is 0 Å². The summed E-state index contributed by atoms with van der Waals surface area (Å²) in [5.41, 5.74) is 4.04. The number of likely N-dealkylation sites (tertiary alicyclic amines) is 1. The van der Waals surface area contributed by atoms with Gasteiger partial charge in [0.05, 0.1) is 6.33 Å². The molecule has 4 heterocycles. The summed E-state index contributed by atoms with van der Waals surface area (Å²) in [5.74, 6) is 0.263. The lowest BCUT2D eigenvalue weighted by Crippen LogP contribution is -2.33. The zero-order valence-corrected chi connectivity index (χ0v) is 16.2. The van der Waals surface area contributed by atoms with Crippen molar-refractivity contribution in [3.63, 3.8) is 0 Å². The van der Waals surface area contributed by atoms with Crippen LogP contribution in [0.1, 0.15) is 24.4 Å². The van der Waals surface area contributed by atoms with Gasteiger partial charge < -0.3 is 14.6 Å². The molecule has 0 bridgehead atoms. The van der Waals surface area contributed by atoms with Gasteiger partial charge in [0, 0.05) is 33.8 Å². The average molecular weight is 379 g/mol. The van der Waals surface area contributed by atoms with Gasteiger partial charge in [-0.3, -0.25) is 0 Å². The third-order valence-corrected chi connectivity index (χ3v) is 6.46. The Labute approximate surface area is 161 Å². The topological polar surface area (TPSA) is 67.1 Å². The normalized spacial score (nSPS) is 18.5. The quantitative estimate of drug-likeness (QED) is 0.570. The van der Waals surface area contributed by atoms with Crippen LogP contribution in [0, 0.1) is 6.92 Å². The molecule has 0 saturated carbocycles. The summed E-state index contributed by atoms with van der Waals surface area (Å²) < 4.78 is 3.23. The predicted octanol–water partition coefficient (Wildman–Crippen LogP) is 3.99. The number of phenolic OH excluding ortho intramolecular Hbond substituents is 1. The second-order valence-electron chi connectivity index (χ2n) is 7.35. The lowest BCUT2D eigenvalue weighted by atomic mass is 10.0. The molecule has 1 aliphatic rings. The monoisotopic (exact) mass is 379 g/mol. The van der Waals surface area contributed by atoms with Crippen LogP contribution in [0.15, 0.2) is 29.9 Å². The van der Waals surface area contributed by atoms with Crippen LogP contribution in [-0.4, -0.2) is 49.9 Å². The van der Waals surface area contributed by atoms with Crippen molar-refractivity contribution in [2.24, 2.45) is 0 Å². The Morgan fingerprint density at radius 2 is 2.11 bits per heavy atom. The Bertz CT molecular complexity index is 1150. The van der Waals surface area contributed by atoms with Crippen LogP contribution < -0.4 is 0 Å². The number of aromatic hydroxyl groups is 1. The number of rotatable bonds is 2. The second-order valence-corrected chi connectivity index (χ2v) is 8.30. The third-order valence-electron chi connectivity index (χ3n) is 5.58. The summed E-state index contributed by atoms with van der Waals surface area (Å²) in [4.78, 5) is 7.00. The van der Waals surface area contributed by atoms with Crippen LogP contribution in [0.5, 0.6) is 5.75 Å². The number of aryl methyl sites for hydroxylation is 1. The molecule has 138 valence electrons. The van der Waals surface area contributed by atoms with Crippen LogP contribution in [0.25, 0.3) is 32.5 Å². The van der Waals surface area contributed by atoms with E-state index in [0.717, 1.165) is 46.3 Å². The van der Waals surface area contributed by atoms with Crippen LogP contribution >= 0.6 is 11.3 Å². The third kappa shape index (κ3) is 2.61. The minimum absolute atomic E-state index is 0.263. The minimum atomic E-state index is 0.263. The van der Waals surface area contributed by atoms with Gasteiger partial charge in [-0.15, -0.1) is 21.5 Å². The fourth-order valence-corrected chi connectivity index (χ4v) is 4.90. The summed E-state index contributed by atoms with van der Waals surface area (Å²) >= 11 is 1.62. The van der Waals surface area contributed by atoms with E-state index in [-0.39, 0.29) is 5.75 Å². The molecule has 0 radical (unpaired) electrons. The Balaban J connectivity index is 1.62. The number of benzene rings is 1. The van der Waals surface area contributed by atoms with Crippen LogP contribution in [-0.2, 0) is 0 Å². The first-order valence-corrected chi connectivity index (χ1v) is 10.1. The maximum Gasteiger partial charge on any atom is 0.183 e. The molecule has 6 nitrogen and oxygen atoms in total. The number of hydrogen-bond donors (Lipinski definition) is 1. The Hall–Kier alpha value is -2.51. The van der Waals surface area contributed by atoms with Crippen molar-refractivity contribution in [1.82, 2.24) is 24.6 Å². The fourth-order valence-electron chi connectivity index (χ4n) is 4.11. The number of hydrogen-bond acceptors (Lipinski definition) is 6. The molecule has 1 atom stereocenters. The van der Waals surface area contributed by atoms with Crippen LogP contribution in [0.4, 0.5) is 0 Å². The van der Waals surface area contributed by atoms with Gasteiger partial charge in [0.15, 0.2) is 5.65 Å². The van der Waals surface area contributed by atoms with Crippen molar-refractivity contribution < 1.29 is 5.11 Å². The lowest BCUT2D eigenvalue weighted by Gasteiger charge is -2.30. The van der Waals surface area contributed by atoms with Gasteiger partial charge in [-0.25, -0.2) is 4.98 Å². The van der Waals surface area contributed by atoms with E-state index in [1.54, 1.807) is 11.3 Å². The molecule has 1 saturated heterocycles. The van der Waals surface area contributed by atoms with Gasteiger partial charge in [-0.1, -0.05) is 0 Å². The van der Waals surface area contributed by atoms with Crippen molar-refractivity contribution in [2.75, 3.05) is 20.1 Å². The van der Waals surface area contributed by atoms with E-state index in [1.807, 2.05) is 36.8 Å². The second kappa shape index (κ2) is 6.28. The maximum absolute atomic E-state index is 10.7. The first kappa shape index (κ1) is 16.6.